The van der Waals surface area contributed by atoms with E-state index in [9.17, 15) is 9.59 Å². The first kappa shape index (κ1) is 10.2. The number of halogens is 1. The number of carbonyl (C=O) groups is 1. The molecule has 2 rings (SSSR count). The van der Waals surface area contributed by atoms with E-state index in [1.807, 2.05) is 0 Å². The monoisotopic (exact) mass is 242 g/mol. The third kappa shape index (κ3) is 2.19. The Kier molecular flexibility index (Phi) is 2.75. The standard InChI is InChI=1S/C9H7ClN2O2S/c10-4-8(13)11-5-1-2-6-7(3-5)15-9(14)12-6/h1-3H,4H2,(H,11,13)(H,12,14). The molecule has 1 aromatic carbocycles. The molecule has 15 heavy (non-hydrogen) atoms. The van der Waals surface area contributed by atoms with Gasteiger partial charge in [0.2, 0.25) is 5.91 Å². The van der Waals surface area contributed by atoms with Gasteiger partial charge in [-0.2, -0.15) is 0 Å². The molecule has 0 aliphatic carbocycles. The number of amides is 1. The lowest BCUT2D eigenvalue weighted by molar-refractivity contribution is -0.113. The van der Waals surface area contributed by atoms with Gasteiger partial charge in [0.05, 0.1) is 10.2 Å². The van der Waals surface area contributed by atoms with Crippen molar-refractivity contribution in [2.24, 2.45) is 0 Å². The van der Waals surface area contributed by atoms with E-state index in [4.69, 9.17) is 11.6 Å². The van der Waals surface area contributed by atoms with Crippen molar-refractivity contribution in [3.63, 3.8) is 0 Å². The number of benzene rings is 1. The molecule has 2 aromatic rings. The van der Waals surface area contributed by atoms with Gasteiger partial charge in [-0.3, -0.25) is 9.59 Å². The van der Waals surface area contributed by atoms with Crippen LogP contribution in [0.1, 0.15) is 0 Å². The Hall–Kier alpha value is -1.33. The van der Waals surface area contributed by atoms with Crippen LogP contribution in [-0.4, -0.2) is 16.8 Å². The first-order valence-electron chi connectivity index (χ1n) is 4.18. The molecule has 1 amide bonds. The van der Waals surface area contributed by atoms with E-state index in [1.54, 1.807) is 18.2 Å². The number of carbonyl (C=O) groups excluding carboxylic acids is 1. The maximum absolute atomic E-state index is 11.0. The molecule has 0 spiro atoms. The molecule has 0 unspecified atom stereocenters. The average Bonchev–Trinajstić information content (AvgIpc) is 2.57. The SMILES string of the molecule is O=C(CCl)Nc1ccc2[nH]c(=O)sc2c1. The van der Waals surface area contributed by atoms with Crippen LogP contribution in [-0.2, 0) is 4.79 Å². The van der Waals surface area contributed by atoms with Gasteiger partial charge in [-0.1, -0.05) is 11.3 Å². The van der Waals surface area contributed by atoms with E-state index in [0.717, 1.165) is 21.6 Å². The third-order valence-electron chi connectivity index (χ3n) is 1.83. The second-order valence-electron chi connectivity index (χ2n) is 2.91. The number of thiazole rings is 1. The molecule has 1 heterocycles. The lowest BCUT2D eigenvalue weighted by Gasteiger charge is -2.01. The van der Waals surface area contributed by atoms with Crippen LogP contribution < -0.4 is 10.2 Å². The summed E-state index contributed by atoms with van der Waals surface area (Å²) < 4.78 is 0.812. The second kappa shape index (κ2) is 4.04. The molecule has 0 saturated carbocycles. The molecule has 0 atom stereocenters. The van der Waals surface area contributed by atoms with Crippen LogP contribution in [0, 0.1) is 0 Å². The van der Waals surface area contributed by atoms with Crippen molar-refractivity contribution in [1.82, 2.24) is 4.98 Å². The van der Waals surface area contributed by atoms with Gasteiger partial charge in [0.1, 0.15) is 5.88 Å². The maximum Gasteiger partial charge on any atom is 0.305 e. The number of H-pyrrole nitrogens is 1. The number of nitrogens with one attached hydrogen (secondary N) is 2. The molecule has 0 bridgehead atoms. The zero-order valence-electron chi connectivity index (χ0n) is 7.54. The van der Waals surface area contributed by atoms with Gasteiger partial charge in [-0.25, -0.2) is 0 Å². The summed E-state index contributed by atoms with van der Waals surface area (Å²) in [5, 5.41) is 2.61. The topological polar surface area (TPSA) is 62.0 Å². The van der Waals surface area contributed by atoms with E-state index in [2.05, 4.69) is 10.3 Å². The molecular formula is C9H7ClN2O2S. The Bertz CT molecular complexity index is 560. The predicted octanol–water partition coefficient (Wildman–Crippen LogP) is 1.77. The number of hydrogen-bond donors (Lipinski definition) is 2. The molecule has 4 nitrogen and oxygen atoms in total. The van der Waals surface area contributed by atoms with Crippen molar-refractivity contribution >= 4 is 44.7 Å². The average molecular weight is 243 g/mol. The number of aromatic amines is 1. The lowest BCUT2D eigenvalue weighted by Crippen LogP contribution is -2.12. The molecule has 2 N–H and O–H groups in total. The first-order chi connectivity index (χ1) is 7.19. The first-order valence-corrected chi connectivity index (χ1v) is 5.53. The fourth-order valence-electron chi connectivity index (χ4n) is 1.22. The molecule has 78 valence electrons. The Balaban J connectivity index is 2.38. The van der Waals surface area contributed by atoms with Crippen LogP contribution in [0.5, 0.6) is 0 Å². The highest BCUT2D eigenvalue weighted by molar-refractivity contribution is 7.16. The minimum Gasteiger partial charge on any atom is -0.325 e. The quantitative estimate of drug-likeness (QED) is 0.789. The number of rotatable bonds is 2. The van der Waals surface area contributed by atoms with Crippen LogP contribution in [0.3, 0.4) is 0 Å². The number of anilines is 1. The summed E-state index contributed by atoms with van der Waals surface area (Å²) in [7, 11) is 0. The Labute approximate surface area is 93.9 Å². The summed E-state index contributed by atoms with van der Waals surface area (Å²) in [6, 6.07) is 5.20. The van der Waals surface area contributed by atoms with Crippen molar-refractivity contribution in [2.75, 3.05) is 11.2 Å². The van der Waals surface area contributed by atoms with Gasteiger partial charge in [0, 0.05) is 5.69 Å². The fraction of sp³-hybridized carbons (Fsp3) is 0.111. The summed E-state index contributed by atoms with van der Waals surface area (Å²) in [5.74, 6) is -0.347. The highest BCUT2D eigenvalue weighted by Crippen LogP contribution is 2.19. The largest absolute Gasteiger partial charge is 0.325 e. The van der Waals surface area contributed by atoms with Crippen LogP contribution in [0.25, 0.3) is 10.2 Å². The third-order valence-corrected chi connectivity index (χ3v) is 2.91. The normalized spacial score (nSPS) is 10.5. The molecule has 1 aromatic heterocycles. The minimum absolute atomic E-state index is 0.0819. The summed E-state index contributed by atoms with van der Waals surface area (Å²) in [5.41, 5.74) is 1.41. The van der Waals surface area contributed by atoms with Crippen molar-refractivity contribution < 1.29 is 4.79 Å². The van der Waals surface area contributed by atoms with Crippen molar-refractivity contribution in [3.8, 4) is 0 Å². The van der Waals surface area contributed by atoms with E-state index < -0.39 is 0 Å². The molecular weight excluding hydrogens is 236 g/mol. The highest BCUT2D eigenvalue weighted by atomic mass is 35.5. The molecule has 0 radical (unpaired) electrons. The van der Waals surface area contributed by atoms with E-state index in [-0.39, 0.29) is 16.7 Å². The molecule has 0 saturated heterocycles. The van der Waals surface area contributed by atoms with Gasteiger partial charge < -0.3 is 10.3 Å². The Morgan fingerprint density at radius 1 is 1.53 bits per heavy atom. The Morgan fingerprint density at radius 3 is 3.07 bits per heavy atom. The minimum atomic E-state index is -0.265. The van der Waals surface area contributed by atoms with E-state index in [1.165, 1.54) is 0 Å². The second-order valence-corrected chi connectivity index (χ2v) is 4.19. The van der Waals surface area contributed by atoms with E-state index >= 15 is 0 Å². The number of hydrogen-bond acceptors (Lipinski definition) is 3. The molecule has 6 heteroatoms. The highest BCUT2D eigenvalue weighted by Gasteiger charge is 2.03. The van der Waals surface area contributed by atoms with Crippen LogP contribution in [0.2, 0.25) is 0 Å². The van der Waals surface area contributed by atoms with Crippen molar-refractivity contribution in [3.05, 3.63) is 27.9 Å². The fourth-order valence-corrected chi connectivity index (χ4v) is 2.06. The zero-order chi connectivity index (χ0) is 10.8. The predicted molar refractivity (Wildman–Crippen MR) is 61.8 cm³/mol. The van der Waals surface area contributed by atoms with Crippen molar-refractivity contribution in [2.45, 2.75) is 0 Å². The van der Waals surface area contributed by atoms with Crippen LogP contribution in [0.4, 0.5) is 5.69 Å². The zero-order valence-corrected chi connectivity index (χ0v) is 9.11. The van der Waals surface area contributed by atoms with Crippen LogP contribution in [0.15, 0.2) is 23.0 Å². The molecule has 0 fully saturated rings. The van der Waals surface area contributed by atoms with Gasteiger partial charge >= 0.3 is 4.87 Å². The summed E-state index contributed by atoms with van der Waals surface area (Å²) in [6.45, 7) is 0. The van der Waals surface area contributed by atoms with Gasteiger partial charge in [0.15, 0.2) is 0 Å². The summed E-state index contributed by atoms with van der Waals surface area (Å²) >= 11 is 6.46. The lowest BCUT2D eigenvalue weighted by atomic mass is 10.3. The number of aromatic nitrogens is 1. The van der Waals surface area contributed by atoms with Gasteiger partial charge in [-0.15, -0.1) is 11.6 Å². The molecule has 0 aliphatic rings. The summed E-state index contributed by atoms with van der Waals surface area (Å²) in [6.07, 6.45) is 0. The molecule has 0 aliphatic heterocycles. The van der Waals surface area contributed by atoms with Crippen molar-refractivity contribution in [1.29, 1.82) is 0 Å². The van der Waals surface area contributed by atoms with Gasteiger partial charge in [-0.05, 0) is 18.2 Å². The smallest absolute Gasteiger partial charge is 0.305 e. The maximum atomic E-state index is 11.0. The number of alkyl halides is 1. The van der Waals surface area contributed by atoms with Crippen LogP contribution >= 0.6 is 22.9 Å². The van der Waals surface area contributed by atoms with E-state index in [0.29, 0.717) is 5.69 Å². The van der Waals surface area contributed by atoms with Gasteiger partial charge in [0.25, 0.3) is 0 Å². The number of fused-ring (bicyclic) bond motifs is 1. The summed E-state index contributed by atoms with van der Waals surface area (Å²) in [4.78, 5) is 24.6. The Morgan fingerprint density at radius 2 is 2.33 bits per heavy atom.